The maximum absolute atomic E-state index is 12.8. The zero-order chi connectivity index (χ0) is 19.4. The Bertz CT molecular complexity index is 734. The van der Waals surface area contributed by atoms with Gasteiger partial charge in [0.1, 0.15) is 0 Å². The summed E-state index contributed by atoms with van der Waals surface area (Å²) in [5.41, 5.74) is 2.91. The topological polar surface area (TPSA) is 46.6 Å². The SMILES string of the molecule is CN(C(=O)C1CC2(COC(=O)C2)C1)C1CC(c2ccc(C(C)(C)C)cc2)C1. The van der Waals surface area contributed by atoms with Crippen LogP contribution in [0.15, 0.2) is 24.3 Å². The second kappa shape index (κ2) is 6.35. The Kier molecular flexibility index (Phi) is 4.36. The first-order chi connectivity index (χ1) is 12.7. The van der Waals surface area contributed by atoms with Gasteiger partial charge in [-0.1, -0.05) is 45.0 Å². The van der Waals surface area contributed by atoms with Crippen molar-refractivity contribution >= 4 is 11.9 Å². The standard InChI is InChI=1S/C23H31NO3/c1-22(2,3)18-7-5-15(6-8-18)16-9-19(10-16)24(4)21(26)17-11-23(12-17)13-20(25)27-14-23/h5-8,16-17,19H,9-14H2,1-4H3. The largest absolute Gasteiger partial charge is 0.465 e. The molecule has 146 valence electrons. The molecule has 3 fully saturated rings. The van der Waals surface area contributed by atoms with Gasteiger partial charge in [0.2, 0.25) is 5.91 Å². The van der Waals surface area contributed by atoms with E-state index >= 15 is 0 Å². The number of hydrogen-bond donors (Lipinski definition) is 0. The van der Waals surface area contributed by atoms with Crippen LogP contribution in [-0.2, 0) is 19.7 Å². The molecule has 1 saturated heterocycles. The fourth-order valence-corrected chi connectivity index (χ4v) is 4.96. The molecule has 4 nitrogen and oxygen atoms in total. The Morgan fingerprint density at radius 1 is 1.15 bits per heavy atom. The molecule has 0 atom stereocenters. The van der Waals surface area contributed by atoms with Crippen molar-refractivity contribution in [3.05, 3.63) is 35.4 Å². The van der Waals surface area contributed by atoms with Gasteiger partial charge in [0.05, 0.1) is 13.0 Å². The summed E-state index contributed by atoms with van der Waals surface area (Å²) in [7, 11) is 1.95. The number of rotatable bonds is 3. The van der Waals surface area contributed by atoms with Crippen LogP contribution in [0.25, 0.3) is 0 Å². The average molecular weight is 370 g/mol. The van der Waals surface area contributed by atoms with E-state index in [2.05, 4.69) is 45.0 Å². The van der Waals surface area contributed by atoms with Gasteiger partial charge in [-0.2, -0.15) is 0 Å². The van der Waals surface area contributed by atoms with E-state index in [4.69, 9.17) is 4.74 Å². The monoisotopic (exact) mass is 369 g/mol. The van der Waals surface area contributed by atoms with Gasteiger partial charge in [-0.05, 0) is 48.1 Å². The summed E-state index contributed by atoms with van der Waals surface area (Å²) in [5.74, 6) is 0.794. The summed E-state index contributed by atoms with van der Waals surface area (Å²) >= 11 is 0. The van der Waals surface area contributed by atoms with E-state index in [1.165, 1.54) is 11.1 Å². The summed E-state index contributed by atoms with van der Waals surface area (Å²) < 4.78 is 5.11. The number of benzene rings is 1. The van der Waals surface area contributed by atoms with Crippen LogP contribution in [-0.4, -0.2) is 36.5 Å². The van der Waals surface area contributed by atoms with Crippen molar-refractivity contribution in [1.82, 2.24) is 4.90 Å². The lowest BCUT2D eigenvalue weighted by atomic mass is 9.61. The lowest BCUT2D eigenvalue weighted by Gasteiger charge is -2.47. The van der Waals surface area contributed by atoms with Crippen LogP contribution in [0.1, 0.15) is 69.9 Å². The highest BCUT2D eigenvalue weighted by Crippen LogP contribution is 2.52. The Labute approximate surface area is 162 Å². The smallest absolute Gasteiger partial charge is 0.306 e. The maximum atomic E-state index is 12.8. The van der Waals surface area contributed by atoms with Gasteiger partial charge in [0.25, 0.3) is 0 Å². The second-order valence-electron chi connectivity index (χ2n) is 10.1. The first kappa shape index (κ1) is 18.5. The minimum Gasteiger partial charge on any atom is -0.465 e. The second-order valence-corrected chi connectivity index (χ2v) is 10.1. The van der Waals surface area contributed by atoms with Crippen molar-refractivity contribution in [3.8, 4) is 0 Å². The molecule has 1 spiro atoms. The van der Waals surface area contributed by atoms with E-state index < -0.39 is 0 Å². The minimum absolute atomic E-state index is 0.0325. The Morgan fingerprint density at radius 2 is 1.78 bits per heavy atom. The number of ether oxygens (including phenoxy) is 1. The molecular formula is C23H31NO3. The lowest BCUT2D eigenvalue weighted by Crippen LogP contribution is -2.51. The summed E-state index contributed by atoms with van der Waals surface area (Å²) in [6.07, 6.45) is 4.22. The van der Waals surface area contributed by atoms with Crippen LogP contribution in [0.4, 0.5) is 0 Å². The first-order valence-corrected chi connectivity index (χ1v) is 10.2. The molecule has 1 aromatic rings. The molecule has 0 aromatic heterocycles. The molecule has 2 saturated carbocycles. The fourth-order valence-electron chi connectivity index (χ4n) is 4.96. The molecule has 1 amide bonds. The molecule has 0 bridgehead atoms. The van der Waals surface area contributed by atoms with Gasteiger partial charge in [0, 0.05) is 24.4 Å². The van der Waals surface area contributed by atoms with E-state index in [0.717, 1.165) is 25.7 Å². The molecule has 0 unspecified atom stereocenters. The molecule has 4 heteroatoms. The fraction of sp³-hybridized carbons (Fsp3) is 0.652. The molecule has 27 heavy (non-hydrogen) atoms. The van der Waals surface area contributed by atoms with E-state index in [1.807, 2.05) is 11.9 Å². The Balaban J connectivity index is 1.28. The van der Waals surface area contributed by atoms with E-state index in [1.54, 1.807) is 0 Å². The first-order valence-electron chi connectivity index (χ1n) is 10.2. The molecule has 4 rings (SSSR count). The zero-order valence-electron chi connectivity index (χ0n) is 17.0. The molecule has 3 aliphatic rings. The van der Waals surface area contributed by atoms with Gasteiger partial charge < -0.3 is 9.64 Å². The van der Waals surface area contributed by atoms with Crippen molar-refractivity contribution < 1.29 is 14.3 Å². The quantitative estimate of drug-likeness (QED) is 0.756. The number of carbonyl (C=O) groups is 2. The van der Waals surface area contributed by atoms with Crippen LogP contribution < -0.4 is 0 Å². The highest BCUT2D eigenvalue weighted by Gasteiger charge is 2.53. The van der Waals surface area contributed by atoms with Gasteiger partial charge in [-0.25, -0.2) is 0 Å². The highest BCUT2D eigenvalue weighted by molar-refractivity contribution is 5.81. The maximum Gasteiger partial charge on any atom is 0.306 e. The van der Waals surface area contributed by atoms with Gasteiger partial charge in [-0.15, -0.1) is 0 Å². The minimum atomic E-state index is -0.103. The van der Waals surface area contributed by atoms with Crippen molar-refractivity contribution in [2.75, 3.05) is 13.7 Å². The number of esters is 1. The normalized spacial score (nSPS) is 32.6. The lowest BCUT2D eigenvalue weighted by molar-refractivity contribution is -0.146. The molecular weight excluding hydrogens is 338 g/mol. The Hall–Kier alpha value is -1.84. The van der Waals surface area contributed by atoms with Gasteiger partial charge >= 0.3 is 5.97 Å². The number of cyclic esters (lactones) is 1. The van der Waals surface area contributed by atoms with Crippen LogP contribution >= 0.6 is 0 Å². The predicted octanol–water partition coefficient (Wildman–Crippen LogP) is 4.03. The molecule has 1 heterocycles. The molecule has 1 aromatic carbocycles. The summed E-state index contributed by atoms with van der Waals surface area (Å²) in [4.78, 5) is 26.1. The van der Waals surface area contributed by atoms with Crippen LogP contribution in [0.3, 0.4) is 0 Å². The highest BCUT2D eigenvalue weighted by atomic mass is 16.5. The average Bonchev–Trinajstić information content (AvgIpc) is 2.93. The van der Waals surface area contributed by atoms with Crippen molar-refractivity contribution in [1.29, 1.82) is 0 Å². The zero-order valence-corrected chi connectivity index (χ0v) is 17.0. The third-order valence-electron chi connectivity index (χ3n) is 7.02. The van der Waals surface area contributed by atoms with Crippen LogP contribution in [0.5, 0.6) is 0 Å². The molecule has 0 N–H and O–H groups in total. The summed E-state index contributed by atoms with van der Waals surface area (Å²) in [5, 5.41) is 0. The van der Waals surface area contributed by atoms with E-state index in [0.29, 0.717) is 25.0 Å². The van der Waals surface area contributed by atoms with Crippen molar-refractivity contribution in [2.24, 2.45) is 11.3 Å². The van der Waals surface area contributed by atoms with E-state index in [9.17, 15) is 9.59 Å². The summed E-state index contributed by atoms with van der Waals surface area (Å²) in [6.45, 7) is 7.22. The Morgan fingerprint density at radius 3 is 2.30 bits per heavy atom. The van der Waals surface area contributed by atoms with E-state index in [-0.39, 0.29) is 28.6 Å². The number of hydrogen-bond acceptors (Lipinski definition) is 3. The molecule has 1 aliphatic heterocycles. The number of amides is 1. The van der Waals surface area contributed by atoms with Crippen molar-refractivity contribution in [2.45, 2.75) is 70.3 Å². The number of nitrogens with zero attached hydrogens (tertiary/aromatic N) is 1. The number of carbonyl (C=O) groups excluding carboxylic acids is 2. The summed E-state index contributed by atoms with van der Waals surface area (Å²) in [6, 6.07) is 9.36. The molecule has 2 aliphatic carbocycles. The van der Waals surface area contributed by atoms with Gasteiger partial charge in [0.15, 0.2) is 0 Å². The van der Waals surface area contributed by atoms with Crippen molar-refractivity contribution in [3.63, 3.8) is 0 Å². The molecule has 0 radical (unpaired) electrons. The van der Waals surface area contributed by atoms with Crippen LogP contribution in [0, 0.1) is 11.3 Å². The third-order valence-corrected chi connectivity index (χ3v) is 7.02. The third kappa shape index (κ3) is 3.39. The van der Waals surface area contributed by atoms with Crippen LogP contribution in [0.2, 0.25) is 0 Å². The van der Waals surface area contributed by atoms with Gasteiger partial charge in [-0.3, -0.25) is 9.59 Å². The predicted molar refractivity (Wildman–Crippen MR) is 104 cm³/mol.